The summed E-state index contributed by atoms with van der Waals surface area (Å²) < 4.78 is 12.1. The van der Waals surface area contributed by atoms with Crippen LogP contribution in [0.3, 0.4) is 0 Å². The Balaban J connectivity index is 1.62. The first-order chi connectivity index (χ1) is 11.7. The van der Waals surface area contributed by atoms with E-state index in [4.69, 9.17) is 9.31 Å². The van der Waals surface area contributed by atoms with Gasteiger partial charge < -0.3 is 19.7 Å². The van der Waals surface area contributed by atoms with Gasteiger partial charge in [0, 0.05) is 11.6 Å². The maximum Gasteiger partial charge on any atom is 0.494 e. The van der Waals surface area contributed by atoms with Crippen LogP contribution in [-0.4, -0.2) is 41.5 Å². The highest BCUT2D eigenvalue weighted by Crippen LogP contribution is 2.36. The van der Waals surface area contributed by atoms with Crippen molar-refractivity contribution in [2.45, 2.75) is 76.7 Å². The molecule has 1 heterocycles. The fourth-order valence-corrected chi connectivity index (χ4v) is 3.26. The van der Waals surface area contributed by atoms with E-state index in [2.05, 4.69) is 5.32 Å². The fourth-order valence-electron chi connectivity index (χ4n) is 3.26. The molecule has 1 amide bonds. The third-order valence-corrected chi connectivity index (χ3v) is 5.73. The second kappa shape index (κ2) is 6.74. The topological polar surface area (TPSA) is 67.8 Å². The molecule has 5 nitrogen and oxygen atoms in total. The first-order valence-corrected chi connectivity index (χ1v) is 9.12. The summed E-state index contributed by atoms with van der Waals surface area (Å²) in [7, 11) is -0.415. The van der Waals surface area contributed by atoms with Gasteiger partial charge in [-0.2, -0.15) is 0 Å². The first kappa shape index (κ1) is 18.4. The highest BCUT2D eigenvalue weighted by atomic mass is 16.7. The molecule has 2 N–H and O–H groups in total. The molecule has 25 heavy (non-hydrogen) atoms. The monoisotopic (exact) mass is 345 g/mol. The van der Waals surface area contributed by atoms with Gasteiger partial charge in [0.15, 0.2) is 0 Å². The Morgan fingerprint density at radius 1 is 1.04 bits per heavy atom. The van der Waals surface area contributed by atoms with Crippen molar-refractivity contribution in [3.63, 3.8) is 0 Å². The van der Waals surface area contributed by atoms with Crippen molar-refractivity contribution in [2.24, 2.45) is 0 Å². The molecule has 3 rings (SSSR count). The van der Waals surface area contributed by atoms with Crippen LogP contribution in [0.15, 0.2) is 24.3 Å². The van der Waals surface area contributed by atoms with Gasteiger partial charge in [-0.3, -0.25) is 4.79 Å². The molecule has 1 aliphatic carbocycles. The Hall–Kier alpha value is -1.37. The number of aliphatic hydroxyl groups is 1. The number of hydrogen-bond donors (Lipinski definition) is 2. The van der Waals surface area contributed by atoms with E-state index in [-0.39, 0.29) is 29.3 Å². The van der Waals surface area contributed by atoms with Crippen LogP contribution in [0, 0.1) is 0 Å². The van der Waals surface area contributed by atoms with E-state index in [1.165, 1.54) is 0 Å². The van der Waals surface area contributed by atoms with E-state index in [1.54, 1.807) is 0 Å². The third-order valence-electron chi connectivity index (χ3n) is 5.73. The maximum atomic E-state index is 12.4. The zero-order chi connectivity index (χ0) is 18.2. The number of carbonyl (C=O) groups excluding carboxylic acids is 1. The third kappa shape index (κ3) is 3.91. The van der Waals surface area contributed by atoms with Crippen LogP contribution in [0.2, 0.25) is 0 Å². The predicted molar refractivity (Wildman–Crippen MR) is 97.9 cm³/mol. The van der Waals surface area contributed by atoms with Crippen molar-refractivity contribution < 1.29 is 19.2 Å². The Labute approximate surface area is 150 Å². The summed E-state index contributed by atoms with van der Waals surface area (Å²) in [6, 6.07) is 7.56. The average molecular weight is 345 g/mol. The minimum Gasteiger partial charge on any atom is -0.399 e. The summed E-state index contributed by atoms with van der Waals surface area (Å²) >= 11 is 0. The lowest BCUT2D eigenvalue weighted by atomic mass is 9.79. The largest absolute Gasteiger partial charge is 0.494 e. The molecule has 0 aromatic heterocycles. The van der Waals surface area contributed by atoms with Crippen LogP contribution in [0.1, 0.15) is 63.7 Å². The molecule has 0 unspecified atom stereocenters. The standard InChI is InChI=1S/C19H28BNO4/c1-18(2)19(3,4)25-20(24-18)14-7-5-13(6-8-14)17(23)21-15-9-11-16(22)12-10-15/h5-8,15-16,22H,9-12H2,1-4H3,(H,21,23). The summed E-state index contributed by atoms with van der Waals surface area (Å²) in [6.45, 7) is 8.09. The molecule has 2 aliphatic rings. The Bertz CT molecular complexity index is 605. The molecule has 1 saturated carbocycles. The van der Waals surface area contributed by atoms with Crippen molar-refractivity contribution in [1.82, 2.24) is 5.32 Å². The molecule has 2 fully saturated rings. The van der Waals surface area contributed by atoms with Gasteiger partial charge in [0.05, 0.1) is 17.3 Å². The van der Waals surface area contributed by atoms with E-state index in [0.29, 0.717) is 5.56 Å². The number of hydrogen-bond acceptors (Lipinski definition) is 4. The van der Waals surface area contributed by atoms with Gasteiger partial charge in [0.2, 0.25) is 0 Å². The number of nitrogens with one attached hydrogen (secondary N) is 1. The molecular weight excluding hydrogens is 317 g/mol. The average Bonchev–Trinajstić information content (AvgIpc) is 2.78. The van der Waals surface area contributed by atoms with Crippen molar-refractivity contribution in [3.05, 3.63) is 29.8 Å². The molecule has 0 radical (unpaired) electrons. The van der Waals surface area contributed by atoms with Crippen LogP contribution in [0.25, 0.3) is 0 Å². The van der Waals surface area contributed by atoms with E-state index >= 15 is 0 Å². The second-order valence-electron chi connectivity index (χ2n) is 8.19. The molecule has 1 saturated heterocycles. The molecule has 0 atom stereocenters. The number of carbonyl (C=O) groups is 1. The Morgan fingerprint density at radius 3 is 2.08 bits per heavy atom. The quantitative estimate of drug-likeness (QED) is 0.823. The zero-order valence-corrected chi connectivity index (χ0v) is 15.5. The van der Waals surface area contributed by atoms with Crippen molar-refractivity contribution in [2.75, 3.05) is 0 Å². The molecular formula is C19H28BNO4. The van der Waals surface area contributed by atoms with E-state index in [1.807, 2.05) is 52.0 Å². The molecule has 1 aromatic carbocycles. The van der Waals surface area contributed by atoms with Gasteiger partial charge in [-0.1, -0.05) is 12.1 Å². The number of benzene rings is 1. The maximum absolute atomic E-state index is 12.4. The number of amides is 1. The number of rotatable bonds is 3. The van der Waals surface area contributed by atoms with Gasteiger partial charge in [-0.25, -0.2) is 0 Å². The SMILES string of the molecule is CC1(C)OB(c2ccc(C(=O)NC3CCC(O)CC3)cc2)OC1(C)C. The van der Waals surface area contributed by atoms with Crippen LogP contribution in [-0.2, 0) is 9.31 Å². The number of aliphatic hydroxyl groups excluding tert-OH is 1. The summed E-state index contributed by atoms with van der Waals surface area (Å²) in [5.74, 6) is -0.0677. The summed E-state index contributed by atoms with van der Waals surface area (Å²) in [4.78, 5) is 12.4. The van der Waals surface area contributed by atoms with E-state index < -0.39 is 7.12 Å². The molecule has 1 aromatic rings. The van der Waals surface area contributed by atoms with Gasteiger partial charge in [-0.05, 0) is 71.0 Å². The first-order valence-electron chi connectivity index (χ1n) is 9.12. The Morgan fingerprint density at radius 2 is 1.56 bits per heavy atom. The zero-order valence-electron chi connectivity index (χ0n) is 15.5. The molecule has 0 spiro atoms. The minimum atomic E-state index is -0.415. The van der Waals surface area contributed by atoms with E-state index in [0.717, 1.165) is 31.1 Å². The van der Waals surface area contributed by atoms with Crippen LogP contribution in [0.5, 0.6) is 0 Å². The fraction of sp³-hybridized carbons (Fsp3) is 0.632. The summed E-state index contributed by atoms with van der Waals surface area (Å²) in [6.07, 6.45) is 2.96. The Kier molecular flexibility index (Phi) is 4.97. The van der Waals surface area contributed by atoms with Gasteiger partial charge in [0.25, 0.3) is 5.91 Å². The summed E-state index contributed by atoms with van der Waals surface area (Å²) in [5, 5.41) is 12.6. The van der Waals surface area contributed by atoms with Gasteiger partial charge in [0.1, 0.15) is 0 Å². The highest BCUT2D eigenvalue weighted by molar-refractivity contribution is 6.62. The van der Waals surface area contributed by atoms with Gasteiger partial charge >= 0.3 is 7.12 Å². The van der Waals surface area contributed by atoms with Crippen LogP contribution < -0.4 is 10.8 Å². The van der Waals surface area contributed by atoms with Crippen LogP contribution in [0.4, 0.5) is 0 Å². The smallest absolute Gasteiger partial charge is 0.399 e. The molecule has 0 bridgehead atoms. The van der Waals surface area contributed by atoms with Gasteiger partial charge in [-0.15, -0.1) is 0 Å². The van der Waals surface area contributed by atoms with Crippen molar-refractivity contribution in [3.8, 4) is 0 Å². The lowest BCUT2D eigenvalue weighted by molar-refractivity contribution is 0.00578. The molecule has 6 heteroatoms. The lowest BCUT2D eigenvalue weighted by Crippen LogP contribution is -2.41. The van der Waals surface area contributed by atoms with Crippen LogP contribution >= 0.6 is 0 Å². The predicted octanol–water partition coefficient (Wildman–Crippen LogP) is 2.02. The molecule has 136 valence electrons. The van der Waals surface area contributed by atoms with E-state index in [9.17, 15) is 9.90 Å². The van der Waals surface area contributed by atoms with Crippen molar-refractivity contribution >= 4 is 18.5 Å². The highest BCUT2D eigenvalue weighted by Gasteiger charge is 2.51. The second-order valence-corrected chi connectivity index (χ2v) is 8.19. The molecule has 1 aliphatic heterocycles. The van der Waals surface area contributed by atoms with Crippen molar-refractivity contribution in [1.29, 1.82) is 0 Å². The lowest BCUT2D eigenvalue weighted by Gasteiger charge is -2.32. The normalized spacial score (nSPS) is 28.0. The summed E-state index contributed by atoms with van der Waals surface area (Å²) in [5.41, 5.74) is 0.792. The minimum absolute atomic E-state index is 0.0677.